The van der Waals surface area contributed by atoms with Gasteiger partial charge in [-0.25, -0.2) is 0 Å². The average molecular weight is 189 g/mol. The van der Waals surface area contributed by atoms with Crippen molar-refractivity contribution in [1.29, 1.82) is 0 Å². The van der Waals surface area contributed by atoms with Gasteiger partial charge in [0.05, 0.1) is 6.21 Å². The second-order valence-corrected chi connectivity index (χ2v) is 2.88. The molecule has 0 aromatic heterocycles. The van der Waals surface area contributed by atoms with E-state index in [1.807, 2.05) is 36.4 Å². The van der Waals surface area contributed by atoms with Gasteiger partial charge in [0.25, 0.3) is 0 Å². The van der Waals surface area contributed by atoms with Crippen LogP contribution in [-0.2, 0) is 0 Å². The molecule has 1 aromatic carbocycles. The van der Waals surface area contributed by atoms with E-state index in [1.165, 1.54) is 0 Å². The molecule has 0 fully saturated rings. The highest BCUT2D eigenvalue weighted by Crippen LogP contribution is 2.07. The van der Waals surface area contributed by atoms with Gasteiger partial charge in [-0.3, -0.25) is 0 Å². The third kappa shape index (κ3) is 4.45. The molecule has 0 saturated heterocycles. The van der Waals surface area contributed by atoms with Crippen LogP contribution in [0.15, 0.2) is 47.6 Å². The van der Waals surface area contributed by atoms with Crippen molar-refractivity contribution in [2.75, 3.05) is 0 Å². The first-order valence-electron chi connectivity index (χ1n) is 4.84. The summed E-state index contributed by atoms with van der Waals surface area (Å²) in [6.45, 7) is 2.14. The maximum atomic E-state index is 5.10. The van der Waals surface area contributed by atoms with Gasteiger partial charge in [0.1, 0.15) is 0 Å². The van der Waals surface area contributed by atoms with Crippen LogP contribution in [-0.4, -0.2) is 6.21 Å². The molecular formula is C12H15NO. The van der Waals surface area contributed by atoms with Gasteiger partial charge in [-0.2, -0.15) is 0 Å². The first kappa shape index (κ1) is 10.5. The fraction of sp³-hybridized carbons (Fsp3) is 0.250. The molecule has 0 aliphatic carbocycles. The Hall–Kier alpha value is -1.57. The van der Waals surface area contributed by atoms with Crippen molar-refractivity contribution in [2.24, 2.45) is 5.16 Å². The zero-order chi connectivity index (χ0) is 10.1. The number of hydrogen-bond donors (Lipinski definition) is 0. The number of hydrogen-bond acceptors (Lipinski definition) is 2. The zero-order valence-corrected chi connectivity index (χ0v) is 8.39. The lowest BCUT2D eigenvalue weighted by atomic mass is 10.3. The number of benzene rings is 1. The summed E-state index contributed by atoms with van der Waals surface area (Å²) in [6, 6.07) is 9.51. The summed E-state index contributed by atoms with van der Waals surface area (Å²) >= 11 is 0. The van der Waals surface area contributed by atoms with Crippen molar-refractivity contribution in [3.8, 4) is 5.75 Å². The Bertz CT molecular complexity index is 290. The third-order valence-electron chi connectivity index (χ3n) is 1.64. The third-order valence-corrected chi connectivity index (χ3v) is 1.64. The molecule has 0 N–H and O–H groups in total. The van der Waals surface area contributed by atoms with Crippen LogP contribution in [0.1, 0.15) is 19.8 Å². The summed E-state index contributed by atoms with van der Waals surface area (Å²) in [5, 5.41) is 3.80. The fourth-order valence-corrected chi connectivity index (χ4v) is 0.932. The number of para-hydroxylation sites is 1. The minimum absolute atomic E-state index is 0.757. The standard InChI is InChI=1S/C12H15NO/c1-2-3-4-8-11-13-14-12-9-6-5-7-10-12/h4-11H,2-3H2,1H3/b8-4-,13-11+. The van der Waals surface area contributed by atoms with Gasteiger partial charge < -0.3 is 4.84 Å². The van der Waals surface area contributed by atoms with Crippen LogP contribution in [0, 0.1) is 0 Å². The summed E-state index contributed by atoms with van der Waals surface area (Å²) < 4.78 is 0. The Labute approximate surface area is 84.9 Å². The van der Waals surface area contributed by atoms with E-state index in [0.29, 0.717) is 0 Å². The zero-order valence-electron chi connectivity index (χ0n) is 8.39. The van der Waals surface area contributed by atoms with Crippen molar-refractivity contribution < 1.29 is 4.84 Å². The lowest BCUT2D eigenvalue weighted by Gasteiger charge is -1.94. The molecule has 74 valence electrons. The summed E-state index contributed by atoms with van der Waals surface area (Å²) in [5.74, 6) is 0.757. The number of nitrogens with zero attached hydrogens (tertiary/aromatic N) is 1. The molecule has 0 saturated carbocycles. The molecule has 0 radical (unpaired) electrons. The highest BCUT2D eigenvalue weighted by atomic mass is 16.6. The molecule has 0 bridgehead atoms. The van der Waals surface area contributed by atoms with Gasteiger partial charge in [-0.15, -0.1) is 0 Å². The van der Waals surface area contributed by atoms with Gasteiger partial charge in [0.15, 0.2) is 5.75 Å². The van der Waals surface area contributed by atoms with Crippen LogP contribution in [0.2, 0.25) is 0 Å². The van der Waals surface area contributed by atoms with Gasteiger partial charge in [0.2, 0.25) is 0 Å². The van der Waals surface area contributed by atoms with Crippen LogP contribution >= 0.6 is 0 Å². The second kappa shape index (κ2) is 6.89. The number of allylic oxidation sites excluding steroid dienone is 2. The van der Waals surface area contributed by atoms with E-state index in [2.05, 4.69) is 18.2 Å². The maximum Gasteiger partial charge on any atom is 0.157 e. The van der Waals surface area contributed by atoms with E-state index in [1.54, 1.807) is 6.21 Å². The SMILES string of the molecule is CCC/C=C\C=N\Oc1ccccc1. The smallest absolute Gasteiger partial charge is 0.157 e. The molecule has 0 aliphatic heterocycles. The van der Waals surface area contributed by atoms with E-state index in [0.717, 1.165) is 18.6 Å². The molecule has 0 unspecified atom stereocenters. The molecule has 2 heteroatoms. The predicted molar refractivity (Wildman–Crippen MR) is 59.6 cm³/mol. The summed E-state index contributed by atoms with van der Waals surface area (Å²) in [6.07, 6.45) is 7.86. The van der Waals surface area contributed by atoms with E-state index < -0.39 is 0 Å². The van der Waals surface area contributed by atoms with Gasteiger partial charge >= 0.3 is 0 Å². The van der Waals surface area contributed by atoms with Crippen molar-refractivity contribution in [3.63, 3.8) is 0 Å². The predicted octanol–water partition coefficient (Wildman–Crippen LogP) is 3.41. The second-order valence-electron chi connectivity index (χ2n) is 2.88. The van der Waals surface area contributed by atoms with Gasteiger partial charge in [0, 0.05) is 0 Å². The lowest BCUT2D eigenvalue weighted by Crippen LogP contribution is -1.81. The molecule has 14 heavy (non-hydrogen) atoms. The molecular weight excluding hydrogens is 174 g/mol. The highest BCUT2D eigenvalue weighted by Gasteiger charge is 1.85. The van der Waals surface area contributed by atoms with Crippen LogP contribution in [0.5, 0.6) is 5.75 Å². The van der Waals surface area contributed by atoms with Crippen molar-refractivity contribution in [2.45, 2.75) is 19.8 Å². The molecule has 1 rings (SSSR count). The molecule has 0 amide bonds. The van der Waals surface area contributed by atoms with Crippen LogP contribution in [0.3, 0.4) is 0 Å². The molecule has 2 nitrogen and oxygen atoms in total. The Balaban J connectivity index is 2.27. The molecule has 0 aliphatic rings. The van der Waals surface area contributed by atoms with Crippen LogP contribution in [0.4, 0.5) is 0 Å². The minimum atomic E-state index is 0.757. The van der Waals surface area contributed by atoms with Crippen molar-refractivity contribution >= 4 is 6.21 Å². The maximum absolute atomic E-state index is 5.10. The molecule has 0 atom stereocenters. The number of unbranched alkanes of at least 4 members (excludes halogenated alkanes) is 1. The lowest BCUT2D eigenvalue weighted by molar-refractivity contribution is 0.344. The largest absolute Gasteiger partial charge is 0.357 e. The van der Waals surface area contributed by atoms with E-state index in [9.17, 15) is 0 Å². The van der Waals surface area contributed by atoms with E-state index in [-0.39, 0.29) is 0 Å². The number of oxime groups is 1. The fourth-order valence-electron chi connectivity index (χ4n) is 0.932. The average Bonchev–Trinajstić information content (AvgIpc) is 2.25. The monoisotopic (exact) mass is 189 g/mol. The Morgan fingerprint density at radius 2 is 2.07 bits per heavy atom. The normalized spacial score (nSPS) is 11.2. The van der Waals surface area contributed by atoms with Crippen molar-refractivity contribution in [3.05, 3.63) is 42.5 Å². The Morgan fingerprint density at radius 1 is 1.29 bits per heavy atom. The first-order chi connectivity index (χ1) is 6.93. The van der Waals surface area contributed by atoms with Crippen LogP contribution in [0.25, 0.3) is 0 Å². The summed E-state index contributed by atoms with van der Waals surface area (Å²) in [7, 11) is 0. The molecule has 0 spiro atoms. The Morgan fingerprint density at radius 3 is 2.79 bits per heavy atom. The first-order valence-corrected chi connectivity index (χ1v) is 4.84. The minimum Gasteiger partial charge on any atom is -0.357 e. The van der Waals surface area contributed by atoms with E-state index >= 15 is 0 Å². The van der Waals surface area contributed by atoms with Crippen molar-refractivity contribution in [1.82, 2.24) is 0 Å². The Kier molecular flexibility index (Phi) is 5.18. The highest BCUT2D eigenvalue weighted by molar-refractivity contribution is 5.70. The number of rotatable bonds is 5. The van der Waals surface area contributed by atoms with Crippen LogP contribution < -0.4 is 4.84 Å². The topological polar surface area (TPSA) is 21.6 Å². The summed E-state index contributed by atoms with van der Waals surface area (Å²) in [4.78, 5) is 5.10. The molecule has 0 heterocycles. The summed E-state index contributed by atoms with van der Waals surface area (Å²) in [5.41, 5.74) is 0. The quantitative estimate of drug-likeness (QED) is 0.514. The van der Waals surface area contributed by atoms with Gasteiger partial charge in [-0.1, -0.05) is 42.8 Å². The van der Waals surface area contributed by atoms with E-state index in [4.69, 9.17) is 4.84 Å². The molecule has 1 aromatic rings. The van der Waals surface area contributed by atoms with Gasteiger partial charge in [-0.05, 0) is 24.6 Å².